The van der Waals surface area contributed by atoms with Gasteiger partial charge in [-0.2, -0.15) is 0 Å². The first-order valence-electron chi connectivity index (χ1n) is 5.46. The average molecular weight is 313 g/mol. The molecule has 116 valence electrons. The number of aliphatic carboxylic acids is 3. The molecular weight excluding hydrogens is 296 g/mol. The Bertz CT molecular complexity index is 375. The highest BCUT2D eigenvalue weighted by molar-refractivity contribution is 5.87. The van der Waals surface area contributed by atoms with E-state index in [0.29, 0.717) is 0 Å². The summed E-state index contributed by atoms with van der Waals surface area (Å²) in [5, 5.41) is 27.7. The van der Waals surface area contributed by atoms with E-state index in [0.717, 1.165) is 0 Å². The van der Waals surface area contributed by atoms with Gasteiger partial charge in [-0.25, -0.2) is 4.79 Å². The molecule has 0 aromatic carbocycles. The molecule has 9 nitrogen and oxygen atoms in total. The molecule has 20 heavy (non-hydrogen) atoms. The van der Waals surface area contributed by atoms with Crippen LogP contribution >= 0.6 is 12.4 Å². The number of hydrogen-bond acceptors (Lipinski definition) is 5. The van der Waals surface area contributed by atoms with Gasteiger partial charge in [-0.15, -0.1) is 12.4 Å². The minimum absolute atomic E-state index is 0. The van der Waals surface area contributed by atoms with Crippen molar-refractivity contribution in [3.63, 3.8) is 0 Å². The van der Waals surface area contributed by atoms with Crippen LogP contribution in [0.4, 0.5) is 0 Å². The number of carbonyl (C=O) groups excluding carboxylic acids is 1. The van der Waals surface area contributed by atoms with E-state index in [1.165, 1.54) is 0 Å². The quantitative estimate of drug-likeness (QED) is 0.362. The molecule has 0 aliphatic rings. The Balaban J connectivity index is 0. The predicted molar refractivity (Wildman–Crippen MR) is 68.5 cm³/mol. The van der Waals surface area contributed by atoms with Crippen molar-refractivity contribution in [3.05, 3.63) is 0 Å². The lowest BCUT2D eigenvalue weighted by Crippen LogP contribution is -2.48. The Labute approximate surface area is 120 Å². The third-order valence-corrected chi connectivity index (χ3v) is 2.27. The standard InChI is InChI=1S/C10H16N2O7.ClH/c11-5(1-3-7(13)14)9(17)12-6(10(18)19)2-4-8(15)16;/h5-6H,1-4,11H2,(H,12,17)(H,13,14)(H,15,16)(H,18,19);1H/t5-,6-;/m0./s1. The minimum atomic E-state index is -1.37. The first-order valence-corrected chi connectivity index (χ1v) is 5.46. The van der Waals surface area contributed by atoms with E-state index in [2.05, 4.69) is 5.32 Å². The summed E-state index contributed by atoms with van der Waals surface area (Å²) in [6.45, 7) is 0. The molecule has 0 aliphatic heterocycles. The maximum absolute atomic E-state index is 11.5. The molecular formula is C10H17ClN2O7. The van der Waals surface area contributed by atoms with Crippen LogP contribution in [0.5, 0.6) is 0 Å². The average Bonchev–Trinajstić information content (AvgIpc) is 2.30. The van der Waals surface area contributed by atoms with Crippen LogP contribution in [-0.4, -0.2) is 51.2 Å². The van der Waals surface area contributed by atoms with Crippen LogP contribution in [0, 0.1) is 0 Å². The van der Waals surface area contributed by atoms with Crippen LogP contribution in [0.2, 0.25) is 0 Å². The zero-order valence-electron chi connectivity index (χ0n) is 10.4. The number of amides is 1. The van der Waals surface area contributed by atoms with E-state index in [1.807, 2.05) is 0 Å². The van der Waals surface area contributed by atoms with Gasteiger partial charge in [0, 0.05) is 12.8 Å². The summed E-state index contributed by atoms with van der Waals surface area (Å²) in [6.07, 6.45) is -1.14. The van der Waals surface area contributed by atoms with Crippen LogP contribution < -0.4 is 11.1 Å². The van der Waals surface area contributed by atoms with Crippen molar-refractivity contribution in [2.45, 2.75) is 37.8 Å². The van der Waals surface area contributed by atoms with E-state index in [1.54, 1.807) is 0 Å². The van der Waals surface area contributed by atoms with E-state index in [-0.39, 0.29) is 31.7 Å². The smallest absolute Gasteiger partial charge is 0.326 e. The van der Waals surface area contributed by atoms with Crippen molar-refractivity contribution in [1.82, 2.24) is 5.32 Å². The Morgan fingerprint density at radius 1 is 0.950 bits per heavy atom. The topological polar surface area (TPSA) is 167 Å². The van der Waals surface area contributed by atoms with Crippen molar-refractivity contribution >= 4 is 36.2 Å². The van der Waals surface area contributed by atoms with Crippen LogP contribution in [0.1, 0.15) is 25.7 Å². The second kappa shape index (κ2) is 9.98. The summed E-state index contributed by atoms with van der Waals surface area (Å²) in [7, 11) is 0. The highest BCUT2D eigenvalue weighted by Gasteiger charge is 2.24. The maximum Gasteiger partial charge on any atom is 0.326 e. The van der Waals surface area contributed by atoms with Gasteiger partial charge >= 0.3 is 17.9 Å². The molecule has 6 N–H and O–H groups in total. The van der Waals surface area contributed by atoms with Crippen molar-refractivity contribution in [2.24, 2.45) is 5.73 Å². The van der Waals surface area contributed by atoms with Crippen LogP contribution in [-0.2, 0) is 19.2 Å². The Hall–Kier alpha value is -1.87. The number of nitrogens with two attached hydrogens (primary N) is 1. The normalized spacial score (nSPS) is 12.7. The number of carboxylic acids is 3. The molecule has 0 heterocycles. The number of rotatable bonds is 9. The molecule has 10 heteroatoms. The Morgan fingerprint density at radius 3 is 1.80 bits per heavy atom. The lowest BCUT2D eigenvalue weighted by Gasteiger charge is -2.16. The predicted octanol–water partition coefficient (Wildman–Crippen LogP) is -0.965. The van der Waals surface area contributed by atoms with Gasteiger partial charge < -0.3 is 26.4 Å². The van der Waals surface area contributed by atoms with Crippen LogP contribution in [0.15, 0.2) is 0 Å². The van der Waals surface area contributed by atoms with Gasteiger partial charge in [-0.05, 0) is 12.8 Å². The molecule has 0 aliphatic carbocycles. The summed E-state index contributed by atoms with van der Waals surface area (Å²) in [4.78, 5) is 42.9. The van der Waals surface area contributed by atoms with Crippen molar-refractivity contribution < 1.29 is 34.5 Å². The molecule has 0 unspecified atom stereocenters. The van der Waals surface area contributed by atoms with E-state index in [9.17, 15) is 19.2 Å². The molecule has 0 bridgehead atoms. The molecule has 0 spiro atoms. The third-order valence-electron chi connectivity index (χ3n) is 2.27. The highest BCUT2D eigenvalue weighted by Crippen LogP contribution is 2.01. The third kappa shape index (κ3) is 9.11. The van der Waals surface area contributed by atoms with E-state index in [4.69, 9.17) is 21.1 Å². The minimum Gasteiger partial charge on any atom is -0.481 e. The lowest BCUT2D eigenvalue weighted by atomic mass is 10.1. The van der Waals surface area contributed by atoms with Crippen molar-refractivity contribution in [2.75, 3.05) is 0 Å². The second-order valence-electron chi connectivity index (χ2n) is 3.87. The summed E-state index contributed by atoms with van der Waals surface area (Å²) < 4.78 is 0. The fraction of sp³-hybridized carbons (Fsp3) is 0.600. The molecule has 0 aromatic heterocycles. The van der Waals surface area contributed by atoms with Gasteiger partial charge in [0.2, 0.25) is 5.91 Å². The molecule has 0 radical (unpaired) electrons. The molecule has 1 amide bonds. The monoisotopic (exact) mass is 312 g/mol. The summed E-state index contributed by atoms with van der Waals surface area (Å²) >= 11 is 0. The molecule has 0 saturated carbocycles. The summed E-state index contributed by atoms with van der Waals surface area (Å²) in [6, 6.07) is -2.51. The fourth-order valence-electron chi connectivity index (χ4n) is 1.21. The second-order valence-corrected chi connectivity index (χ2v) is 3.87. The van der Waals surface area contributed by atoms with Gasteiger partial charge in [0.1, 0.15) is 6.04 Å². The zero-order chi connectivity index (χ0) is 15.0. The van der Waals surface area contributed by atoms with E-state index < -0.39 is 42.3 Å². The largest absolute Gasteiger partial charge is 0.481 e. The number of hydrogen-bond donors (Lipinski definition) is 5. The van der Waals surface area contributed by atoms with Gasteiger partial charge in [-0.3, -0.25) is 14.4 Å². The van der Waals surface area contributed by atoms with E-state index >= 15 is 0 Å². The Morgan fingerprint density at radius 2 is 1.40 bits per heavy atom. The highest BCUT2D eigenvalue weighted by atomic mass is 35.5. The number of carboxylic acid groups (broad SMARTS) is 3. The molecule has 2 atom stereocenters. The first kappa shape index (κ1) is 20.4. The zero-order valence-corrected chi connectivity index (χ0v) is 11.3. The van der Waals surface area contributed by atoms with Crippen LogP contribution in [0.3, 0.4) is 0 Å². The first-order chi connectivity index (χ1) is 8.73. The molecule has 0 aromatic rings. The SMILES string of the molecule is Cl.N[C@@H](CCC(=O)O)C(=O)N[C@@H](CCC(=O)O)C(=O)O. The Kier molecular flexibility index (Phi) is 10.2. The van der Waals surface area contributed by atoms with Crippen molar-refractivity contribution in [1.29, 1.82) is 0 Å². The molecule has 0 saturated heterocycles. The fourth-order valence-corrected chi connectivity index (χ4v) is 1.21. The van der Waals surface area contributed by atoms with Gasteiger partial charge in [0.05, 0.1) is 6.04 Å². The lowest BCUT2D eigenvalue weighted by molar-refractivity contribution is -0.143. The number of halogens is 1. The van der Waals surface area contributed by atoms with Crippen molar-refractivity contribution in [3.8, 4) is 0 Å². The summed E-state index contributed by atoms with van der Waals surface area (Å²) in [5.74, 6) is -4.50. The van der Waals surface area contributed by atoms with Gasteiger partial charge in [-0.1, -0.05) is 0 Å². The number of carbonyl (C=O) groups is 4. The maximum atomic E-state index is 11.5. The van der Waals surface area contributed by atoms with Gasteiger partial charge in [0.25, 0.3) is 0 Å². The molecule has 0 rings (SSSR count). The number of nitrogens with one attached hydrogen (secondary N) is 1. The molecule has 0 fully saturated rings. The summed E-state index contributed by atoms with van der Waals surface area (Å²) in [5.41, 5.74) is 5.39. The van der Waals surface area contributed by atoms with Gasteiger partial charge in [0.15, 0.2) is 0 Å². The van der Waals surface area contributed by atoms with Crippen LogP contribution in [0.25, 0.3) is 0 Å².